The van der Waals surface area contributed by atoms with Crippen molar-refractivity contribution in [3.05, 3.63) is 0 Å². The van der Waals surface area contributed by atoms with Crippen molar-refractivity contribution in [2.45, 2.75) is 58.3 Å². The van der Waals surface area contributed by atoms with Crippen molar-refractivity contribution in [1.82, 2.24) is 0 Å². The zero-order valence-corrected chi connectivity index (χ0v) is 8.77. The molecule has 0 atom stereocenters. The van der Waals surface area contributed by atoms with E-state index in [1.807, 2.05) is 0 Å². The average Bonchev–Trinajstić information content (AvgIpc) is 2.16. The van der Waals surface area contributed by atoms with Gasteiger partial charge in [-0.15, -0.1) is 11.8 Å². The molecule has 0 heterocycles. The molecule has 0 aromatic carbocycles. The smallest absolute Gasteiger partial charge is 0.0831 e. The van der Waals surface area contributed by atoms with E-state index in [1.165, 1.54) is 32.1 Å². The van der Waals surface area contributed by atoms with Crippen LogP contribution in [0.15, 0.2) is 0 Å². The van der Waals surface area contributed by atoms with Crippen LogP contribution in [0.25, 0.3) is 0 Å². The molecule has 0 rings (SSSR count). The third-order valence-electron chi connectivity index (χ3n) is 1.98. The van der Waals surface area contributed by atoms with E-state index in [4.69, 9.17) is 0 Å². The summed E-state index contributed by atoms with van der Waals surface area (Å²) in [6.07, 6.45) is 9.05. The quantitative estimate of drug-likeness (QED) is 0.423. The number of hydrogen-bond donors (Lipinski definition) is 0. The zero-order chi connectivity index (χ0) is 9.78. The third kappa shape index (κ3) is 11.5. The Bertz CT molecular complexity index is 141. The van der Waals surface area contributed by atoms with Gasteiger partial charge < -0.3 is 0 Å². The largest absolute Gasteiger partial charge is 0.237 e. The maximum atomic E-state index is 10.1. The predicted octanol–water partition coefficient (Wildman–Crippen LogP) is 3.56. The molecule has 0 aliphatic heterocycles. The zero-order valence-electron chi connectivity index (χ0n) is 8.77. The van der Waals surface area contributed by atoms with Crippen LogP contribution in [0, 0.1) is 11.8 Å². The van der Waals surface area contributed by atoms with E-state index in [2.05, 4.69) is 18.8 Å². The summed E-state index contributed by atoms with van der Waals surface area (Å²) in [6.45, 7) is 2.24. The van der Waals surface area contributed by atoms with E-state index in [0.717, 1.165) is 12.8 Å². The Hall–Kier alpha value is -0.480. The van der Waals surface area contributed by atoms with Crippen molar-refractivity contribution in [3.8, 4) is 11.8 Å². The number of rotatable bonds is 7. The second-order valence-corrected chi connectivity index (χ2v) is 3.33. The van der Waals surface area contributed by atoms with Gasteiger partial charge in [-0.2, -0.15) is 0 Å². The second-order valence-electron chi connectivity index (χ2n) is 3.33. The minimum absolute atomic E-state index is 0.0190. The highest BCUT2D eigenvalue weighted by Gasteiger charge is 1.85. The van der Waals surface area contributed by atoms with Crippen LogP contribution in [0.5, 0.6) is 0 Å². The molecule has 0 amide bonds. The van der Waals surface area contributed by atoms with Crippen molar-refractivity contribution in [1.29, 1.82) is 0 Å². The van der Waals surface area contributed by atoms with Crippen molar-refractivity contribution < 1.29 is 5.11 Å². The fraction of sp³-hybridized carbons (Fsp3) is 0.833. The first-order chi connectivity index (χ1) is 6.41. The molecule has 0 aliphatic carbocycles. The Morgan fingerprint density at radius 2 is 1.46 bits per heavy atom. The molecule has 0 saturated heterocycles. The molecule has 1 heteroatoms. The molecular formula is C12H21O. The average molecular weight is 181 g/mol. The minimum atomic E-state index is 0.0190. The summed E-state index contributed by atoms with van der Waals surface area (Å²) in [4.78, 5) is 0. The lowest BCUT2D eigenvalue weighted by Crippen LogP contribution is -1.78. The Balaban J connectivity index is 2.99. The van der Waals surface area contributed by atoms with Crippen LogP contribution in [0.2, 0.25) is 0 Å². The van der Waals surface area contributed by atoms with Crippen molar-refractivity contribution in [3.63, 3.8) is 0 Å². The predicted molar refractivity (Wildman–Crippen MR) is 55.9 cm³/mol. The Morgan fingerprint density at radius 3 is 2.08 bits per heavy atom. The lowest BCUT2D eigenvalue weighted by Gasteiger charge is -1.94. The maximum Gasteiger partial charge on any atom is 0.0831 e. The fourth-order valence-electron chi connectivity index (χ4n) is 1.15. The lowest BCUT2D eigenvalue weighted by atomic mass is 10.1. The van der Waals surface area contributed by atoms with Gasteiger partial charge >= 0.3 is 0 Å². The van der Waals surface area contributed by atoms with E-state index in [-0.39, 0.29) is 6.61 Å². The highest BCUT2D eigenvalue weighted by molar-refractivity contribution is 4.98. The highest BCUT2D eigenvalue weighted by atomic mass is 16.2. The van der Waals surface area contributed by atoms with Crippen molar-refractivity contribution in [2.24, 2.45) is 0 Å². The maximum absolute atomic E-state index is 10.1. The number of hydrogen-bond acceptors (Lipinski definition) is 0. The Morgan fingerprint density at radius 1 is 0.846 bits per heavy atom. The Kier molecular flexibility index (Phi) is 11.1. The van der Waals surface area contributed by atoms with Gasteiger partial charge in [-0.1, -0.05) is 32.6 Å². The molecule has 0 unspecified atom stereocenters. The summed E-state index contributed by atoms with van der Waals surface area (Å²) >= 11 is 0. The van der Waals surface area contributed by atoms with E-state index >= 15 is 0 Å². The van der Waals surface area contributed by atoms with Crippen LogP contribution < -0.4 is 0 Å². The SMILES string of the molecule is CCCCCCCC#CCCC[O]. The normalized spacial score (nSPS) is 9.38. The summed E-state index contributed by atoms with van der Waals surface area (Å²) in [5, 5.41) is 10.1. The molecule has 0 aromatic heterocycles. The van der Waals surface area contributed by atoms with Crippen LogP contribution in [0.3, 0.4) is 0 Å². The van der Waals surface area contributed by atoms with Gasteiger partial charge in [0.2, 0.25) is 0 Å². The molecule has 1 nitrogen and oxygen atoms in total. The van der Waals surface area contributed by atoms with Gasteiger partial charge in [0.05, 0.1) is 6.61 Å². The Labute approximate surface area is 82.5 Å². The van der Waals surface area contributed by atoms with E-state index in [1.54, 1.807) is 0 Å². The lowest BCUT2D eigenvalue weighted by molar-refractivity contribution is 0.190. The molecular weight excluding hydrogens is 160 g/mol. The minimum Gasteiger partial charge on any atom is -0.237 e. The molecule has 75 valence electrons. The number of unbranched alkanes of at least 4 members (excludes halogenated alkanes) is 6. The van der Waals surface area contributed by atoms with Gasteiger partial charge in [0.15, 0.2) is 0 Å². The van der Waals surface area contributed by atoms with Crippen molar-refractivity contribution >= 4 is 0 Å². The molecule has 0 aliphatic rings. The highest BCUT2D eigenvalue weighted by Crippen LogP contribution is 2.03. The molecule has 0 saturated carbocycles. The van der Waals surface area contributed by atoms with Crippen LogP contribution in [-0.4, -0.2) is 6.61 Å². The monoisotopic (exact) mass is 181 g/mol. The summed E-state index contributed by atoms with van der Waals surface area (Å²) in [6, 6.07) is 0. The molecule has 0 spiro atoms. The first-order valence-corrected chi connectivity index (χ1v) is 5.45. The molecule has 0 fully saturated rings. The van der Waals surface area contributed by atoms with Crippen LogP contribution in [0.4, 0.5) is 0 Å². The van der Waals surface area contributed by atoms with E-state index < -0.39 is 0 Å². The van der Waals surface area contributed by atoms with E-state index in [9.17, 15) is 5.11 Å². The first kappa shape index (κ1) is 12.5. The van der Waals surface area contributed by atoms with Crippen LogP contribution in [-0.2, 0) is 5.11 Å². The summed E-state index contributed by atoms with van der Waals surface area (Å²) < 4.78 is 0. The second kappa shape index (κ2) is 11.5. The molecule has 0 aromatic rings. The molecule has 0 N–H and O–H groups in total. The van der Waals surface area contributed by atoms with Crippen molar-refractivity contribution in [2.75, 3.05) is 6.61 Å². The standard InChI is InChI=1S/C12H21O/c1-2-3-4-5-6-7-8-9-10-11-12-13/h2-7,10-12H2,1H3. The van der Waals surface area contributed by atoms with Gasteiger partial charge in [-0.05, 0) is 12.8 Å². The summed E-state index contributed by atoms with van der Waals surface area (Å²) in [5.41, 5.74) is 0. The van der Waals surface area contributed by atoms with Gasteiger partial charge in [0, 0.05) is 12.8 Å². The van der Waals surface area contributed by atoms with Crippen LogP contribution in [0.1, 0.15) is 58.3 Å². The molecule has 1 radical (unpaired) electrons. The van der Waals surface area contributed by atoms with Crippen LogP contribution >= 0.6 is 0 Å². The fourth-order valence-corrected chi connectivity index (χ4v) is 1.15. The van der Waals surface area contributed by atoms with Gasteiger partial charge in [-0.3, -0.25) is 0 Å². The van der Waals surface area contributed by atoms with Gasteiger partial charge in [0.1, 0.15) is 0 Å². The molecule has 13 heavy (non-hydrogen) atoms. The third-order valence-corrected chi connectivity index (χ3v) is 1.98. The van der Waals surface area contributed by atoms with Gasteiger partial charge in [-0.25, -0.2) is 5.11 Å². The topological polar surface area (TPSA) is 19.9 Å². The van der Waals surface area contributed by atoms with E-state index in [0.29, 0.717) is 6.42 Å². The summed E-state index contributed by atoms with van der Waals surface area (Å²) in [5.74, 6) is 6.14. The first-order valence-electron chi connectivity index (χ1n) is 5.45. The summed E-state index contributed by atoms with van der Waals surface area (Å²) in [7, 11) is 0. The van der Waals surface area contributed by atoms with Gasteiger partial charge in [0.25, 0.3) is 0 Å². The molecule has 0 bridgehead atoms.